The van der Waals surface area contributed by atoms with E-state index in [9.17, 15) is 4.79 Å². The number of methoxy groups -OCH3 is 1. The first-order chi connectivity index (χ1) is 12.7. The van der Waals surface area contributed by atoms with E-state index >= 15 is 0 Å². The van der Waals surface area contributed by atoms with Crippen LogP contribution in [0.1, 0.15) is 22.1 Å². The van der Waals surface area contributed by atoms with Gasteiger partial charge >= 0.3 is 0 Å². The normalized spacial score (nSPS) is 16.5. The standard InChI is InChI=1S/C20H19N3O2S/c1-13-18-19(14-8-10-16(25-2)11-9-14)26-12-17(24)21-20(18)23(22-13)15-6-4-3-5-7-15/h3-11,19H,12H2,1-2H3,(H,21,24)/t19-/m1/s1. The van der Waals surface area contributed by atoms with Crippen LogP contribution >= 0.6 is 11.8 Å². The van der Waals surface area contributed by atoms with E-state index in [1.54, 1.807) is 18.9 Å². The number of nitrogens with zero attached hydrogens (tertiary/aromatic N) is 2. The van der Waals surface area contributed by atoms with Gasteiger partial charge in [0.15, 0.2) is 0 Å². The molecule has 1 aromatic heterocycles. The van der Waals surface area contributed by atoms with E-state index in [0.29, 0.717) is 5.75 Å². The summed E-state index contributed by atoms with van der Waals surface area (Å²) in [5.74, 6) is 1.96. The summed E-state index contributed by atoms with van der Waals surface area (Å²) in [5.41, 5.74) is 4.02. The van der Waals surface area contributed by atoms with Gasteiger partial charge in [0.05, 0.1) is 29.5 Å². The Labute approximate surface area is 156 Å². The number of hydrogen-bond acceptors (Lipinski definition) is 4. The summed E-state index contributed by atoms with van der Waals surface area (Å²) in [6, 6.07) is 17.9. The minimum Gasteiger partial charge on any atom is -0.497 e. The van der Waals surface area contributed by atoms with Crippen molar-refractivity contribution in [1.82, 2.24) is 9.78 Å². The number of nitrogens with one attached hydrogen (secondary N) is 1. The van der Waals surface area contributed by atoms with E-state index < -0.39 is 0 Å². The fraction of sp³-hybridized carbons (Fsp3) is 0.200. The molecule has 2 heterocycles. The summed E-state index contributed by atoms with van der Waals surface area (Å²) in [5, 5.41) is 7.80. The minimum atomic E-state index is -0.00987. The second-order valence-electron chi connectivity index (χ2n) is 6.11. The molecule has 5 nitrogen and oxygen atoms in total. The average Bonchev–Trinajstić information content (AvgIpc) is 2.88. The number of thioether (sulfide) groups is 1. The number of benzene rings is 2. The van der Waals surface area contributed by atoms with Crippen LogP contribution < -0.4 is 10.1 Å². The third-order valence-electron chi connectivity index (χ3n) is 4.43. The molecule has 0 radical (unpaired) electrons. The fourth-order valence-electron chi connectivity index (χ4n) is 3.18. The number of para-hydroxylation sites is 1. The molecular weight excluding hydrogens is 346 g/mol. The first kappa shape index (κ1) is 16.7. The van der Waals surface area contributed by atoms with E-state index in [2.05, 4.69) is 17.4 Å². The predicted octanol–water partition coefficient (Wildman–Crippen LogP) is 3.96. The molecule has 1 aliphatic rings. The highest BCUT2D eigenvalue weighted by atomic mass is 32.2. The van der Waals surface area contributed by atoms with Gasteiger partial charge in [-0.2, -0.15) is 5.10 Å². The van der Waals surface area contributed by atoms with Crippen LogP contribution in [0.4, 0.5) is 5.82 Å². The number of hydrogen-bond donors (Lipinski definition) is 1. The van der Waals surface area contributed by atoms with Crippen molar-refractivity contribution in [2.45, 2.75) is 12.2 Å². The Morgan fingerprint density at radius 1 is 1.15 bits per heavy atom. The summed E-state index contributed by atoms with van der Waals surface area (Å²) in [6.07, 6.45) is 0. The van der Waals surface area contributed by atoms with Crippen LogP contribution in [0.2, 0.25) is 0 Å². The average molecular weight is 365 g/mol. The van der Waals surface area contributed by atoms with Gasteiger partial charge in [0, 0.05) is 5.56 Å². The Kier molecular flexibility index (Phi) is 4.42. The van der Waals surface area contributed by atoms with Crippen molar-refractivity contribution in [1.29, 1.82) is 0 Å². The Bertz CT molecular complexity index is 936. The van der Waals surface area contributed by atoms with E-state index in [4.69, 9.17) is 9.84 Å². The number of carbonyl (C=O) groups is 1. The lowest BCUT2D eigenvalue weighted by atomic mass is 10.0. The van der Waals surface area contributed by atoms with Gasteiger partial charge in [-0.15, -0.1) is 11.8 Å². The quantitative estimate of drug-likeness (QED) is 0.763. The fourth-order valence-corrected chi connectivity index (χ4v) is 4.37. The molecule has 0 aliphatic carbocycles. The van der Waals surface area contributed by atoms with Crippen LogP contribution in [0.15, 0.2) is 54.6 Å². The minimum absolute atomic E-state index is 0.00987. The molecule has 6 heteroatoms. The zero-order valence-electron chi connectivity index (χ0n) is 14.6. The Balaban J connectivity index is 1.85. The van der Waals surface area contributed by atoms with Crippen molar-refractivity contribution in [3.8, 4) is 11.4 Å². The number of rotatable bonds is 3. The molecule has 1 amide bonds. The molecule has 1 N–H and O–H groups in total. The summed E-state index contributed by atoms with van der Waals surface area (Å²) < 4.78 is 7.09. The smallest absolute Gasteiger partial charge is 0.235 e. The highest BCUT2D eigenvalue weighted by molar-refractivity contribution is 8.00. The summed E-state index contributed by atoms with van der Waals surface area (Å²) >= 11 is 1.62. The molecule has 132 valence electrons. The predicted molar refractivity (Wildman–Crippen MR) is 104 cm³/mol. The molecule has 0 saturated heterocycles. The highest BCUT2D eigenvalue weighted by Gasteiger charge is 2.30. The van der Waals surface area contributed by atoms with Crippen molar-refractivity contribution in [2.24, 2.45) is 0 Å². The van der Waals surface area contributed by atoms with Gasteiger partial charge < -0.3 is 10.1 Å². The largest absolute Gasteiger partial charge is 0.497 e. The van der Waals surface area contributed by atoms with Crippen molar-refractivity contribution < 1.29 is 9.53 Å². The zero-order chi connectivity index (χ0) is 18.1. The van der Waals surface area contributed by atoms with Gasteiger partial charge in [0.2, 0.25) is 5.91 Å². The zero-order valence-corrected chi connectivity index (χ0v) is 15.4. The maximum atomic E-state index is 12.3. The number of amides is 1. The van der Waals surface area contributed by atoms with Crippen LogP contribution in [0.25, 0.3) is 5.69 Å². The molecule has 4 rings (SSSR count). The SMILES string of the molecule is COc1ccc([C@H]2SCC(=O)Nc3c2c(C)nn3-c2ccccc2)cc1. The Morgan fingerprint density at radius 3 is 2.58 bits per heavy atom. The third kappa shape index (κ3) is 2.97. The molecule has 0 bridgehead atoms. The van der Waals surface area contributed by atoms with Crippen molar-refractivity contribution in [3.05, 3.63) is 71.4 Å². The molecule has 26 heavy (non-hydrogen) atoms. The molecule has 1 aliphatic heterocycles. The summed E-state index contributed by atoms with van der Waals surface area (Å²) in [4.78, 5) is 12.3. The number of aryl methyl sites for hydroxylation is 1. The van der Waals surface area contributed by atoms with Gasteiger partial charge in [0.1, 0.15) is 11.6 Å². The first-order valence-electron chi connectivity index (χ1n) is 8.37. The van der Waals surface area contributed by atoms with Crippen molar-refractivity contribution in [3.63, 3.8) is 0 Å². The molecule has 2 aromatic carbocycles. The molecule has 0 unspecified atom stereocenters. The van der Waals surface area contributed by atoms with Gasteiger partial charge in [0.25, 0.3) is 0 Å². The lowest BCUT2D eigenvalue weighted by Gasteiger charge is -2.15. The Morgan fingerprint density at radius 2 is 1.88 bits per heavy atom. The summed E-state index contributed by atoms with van der Waals surface area (Å²) in [7, 11) is 1.66. The van der Waals surface area contributed by atoms with E-state index in [1.165, 1.54) is 0 Å². The lowest BCUT2D eigenvalue weighted by molar-refractivity contribution is -0.113. The lowest BCUT2D eigenvalue weighted by Crippen LogP contribution is -2.15. The first-order valence-corrected chi connectivity index (χ1v) is 9.42. The molecule has 0 saturated carbocycles. The Hall–Kier alpha value is -2.73. The van der Waals surface area contributed by atoms with E-state index in [1.807, 2.05) is 54.1 Å². The summed E-state index contributed by atoms with van der Waals surface area (Å²) in [6.45, 7) is 1.99. The second-order valence-corrected chi connectivity index (χ2v) is 7.20. The van der Waals surface area contributed by atoms with Crippen LogP contribution in [0, 0.1) is 6.92 Å². The third-order valence-corrected chi connectivity index (χ3v) is 5.70. The highest BCUT2D eigenvalue weighted by Crippen LogP contribution is 2.44. The number of anilines is 1. The number of aromatic nitrogens is 2. The van der Waals surface area contributed by atoms with Gasteiger partial charge in [-0.05, 0) is 36.8 Å². The van der Waals surface area contributed by atoms with Gasteiger partial charge in [-0.3, -0.25) is 4.79 Å². The number of ether oxygens (including phenoxy) is 1. The van der Waals surface area contributed by atoms with Gasteiger partial charge in [-0.25, -0.2) is 4.68 Å². The van der Waals surface area contributed by atoms with Crippen LogP contribution in [-0.4, -0.2) is 28.6 Å². The molecular formula is C20H19N3O2S. The maximum Gasteiger partial charge on any atom is 0.235 e. The van der Waals surface area contributed by atoms with Crippen LogP contribution in [0.5, 0.6) is 5.75 Å². The molecule has 0 fully saturated rings. The monoisotopic (exact) mass is 365 g/mol. The van der Waals surface area contributed by atoms with Crippen LogP contribution in [-0.2, 0) is 4.79 Å². The van der Waals surface area contributed by atoms with E-state index in [-0.39, 0.29) is 11.2 Å². The van der Waals surface area contributed by atoms with Crippen molar-refractivity contribution >= 4 is 23.5 Å². The molecule has 1 atom stereocenters. The van der Waals surface area contributed by atoms with Crippen molar-refractivity contribution in [2.75, 3.05) is 18.2 Å². The second kappa shape index (κ2) is 6.88. The topological polar surface area (TPSA) is 56.1 Å². The number of fused-ring (bicyclic) bond motifs is 1. The van der Waals surface area contributed by atoms with Crippen LogP contribution in [0.3, 0.4) is 0 Å². The number of carbonyl (C=O) groups excluding carboxylic acids is 1. The maximum absolute atomic E-state index is 12.3. The molecule has 3 aromatic rings. The van der Waals surface area contributed by atoms with E-state index in [0.717, 1.165) is 34.1 Å². The van der Waals surface area contributed by atoms with Gasteiger partial charge in [-0.1, -0.05) is 30.3 Å². The molecule has 0 spiro atoms.